The van der Waals surface area contributed by atoms with Crippen LogP contribution in [0.4, 0.5) is 0 Å². The van der Waals surface area contributed by atoms with Gasteiger partial charge >= 0.3 is 0 Å². The van der Waals surface area contributed by atoms with Crippen molar-refractivity contribution in [2.45, 2.75) is 57.4 Å². The summed E-state index contributed by atoms with van der Waals surface area (Å²) >= 11 is 1.69. The number of aromatic nitrogens is 1. The molecule has 2 fully saturated rings. The van der Waals surface area contributed by atoms with Gasteiger partial charge in [0.25, 0.3) is 0 Å². The van der Waals surface area contributed by atoms with Crippen LogP contribution in [0.25, 0.3) is 0 Å². The predicted octanol–water partition coefficient (Wildman–Crippen LogP) is 2.73. The fourth-order valence-electron chi connectivity index (χ4n) is 3.33. The number of aryl methyl sites for hydroxylation is 1. The molecule has 1 saturated heterocycles. The van der Waals surface area contributed by atoms with E-state index in [0.29, 0.717) is 6.42 Å². The predicted molar refractivity (Wildman–Crippen MR) is 85.4 cm³/mol. The molecule has 1 saturated carbocycles. The van der Waals surface area contributed by atoms with Crippen LogP contribution in [-0.4, -0.2) is 24.0 Å². The lowest BCUT2D eigenvalue weighted by Crippen LogP contribution is -2.50. The van der Waals surface area contributed by atoms with Crippen LogP contribution in [0.15, 0.2) is 5.38 Å². The lowest BCUT2D eigenvalue weighted by molar-refractivity contribution is -0.124. The Hall–Kier alpha value is -0.940. The summed E-state index contributed by atoms with van der Waals surface area (Å²) in [6.45, 7) is 4.23. The summed E-state index contributed by atoms with van der Waals surface area (Å²) in [5, 5.41) is 9.85. The Balaban J connectivity index is 1.53. The zero-order valence-corrected chi connectivity index (χ0v) is 13.6. The summed E-state index contributed by atoms with van der Waals surface area (Å²) in [6, 6.07) is 0. The third-order valence-electron chi connectivity index (χ3n) is 4.85. The molecule has 0 spiro atoms. The van der Waals surface area contributed by atoms with Crippen molar-refractivity contribution in [3.63, 3.8) is 0 Å². The van der Waals surface area contributed by atoms with Gasteiger partial charge in [0.1, 0.15) is 5.01 Å². The Morgan fingerprint density at radius 1 is 1.48 bits per heavy atom. The van der Waals surface area contributed by atoms with Crippen LogP contribution in [0, 0.1) is 12.8 Å². The van der Waals surface area contributed by atoms with Gasteiger partial charge in [-0.25, -0.2) is 4.98 Å². The molecule has 21 heavy (non-hydrogen) atoms. The maximum atomic E-state index is 12.3. The highest BCUT2D eigenvalue weighted by Crippen LogP contribution is 2.42. The molecule has 116 valence electrons. The number of nitrogens with zero attached hydrogens (tertiary/aromatic N) is 1. The van der Waals surface area contributed by atoms with E-state index in [2.05, 4.69) is 21.0 Å². The van der Waals surface area contributed by atoms with Gasteiger partial charge in [-0.15, -0.1) is 11.3 Å². The summed E-state index contributed by atoms with van der Waals surface area (Å²) < 4.78 is 0. The minimum atomic E-state index is -0.149. The van der Waals surface area contributed by atoms with Crippen molar-refractivity contribution in [3.05, 3.63) is 16.1 Å². The van der Waals surface area contributed by atoms with E-state index in [-0.39, 0.29) is 11.4 Å². The number of amides is 1. The molecule has 5 heteroatoms. The second-order valence-electron chi connectivity index (χ2n) is 6.51. The van der Waals surface area contributed by atoms with Crippen molar-refractivity contribution >= 4 is 17.2 Å². The van der Waals surface area contributed by atoms with Gasteiger partial charge in [-0.2, -0.15) is 0 Å². The molecule has 2 aliphatic rings. The average molecular weight is 307 g/mol. The van der Waals surface area contributed by atoms with Gasteiger partial charge < -0.3 is 10.6 Å². The first kappa shape index (κ1) is 15.0. The van der Waals surface area contributed by atoms with E-state index in [9.17, 15) is 4.79 Å². The zero-order valence-electron chi connectivity index (χ0n) is 12.8. The third-order valence-corrected chi connectivity index (χ3v) is 6.02. The Morgan fingerprint density at radius 2 is 2.24 bits per heavy atom. The summed E-state index contributed by atoms with van der Waals surface area (Å²) in [7, 11) is 0. The Labute approximate surface area is 130 Å². The molecular formula is C16H25N3OS. The van der Waals surface area contributed by atoms with Crippen LogP contribution in [0.3, 0.4) is 0 Å². The highest BCUT2D eigenvalue weighted by Gasteiger charge is 2.42. The van der Waals surface area contributed by atoms with E-state index >= 15 is 0 Å². The zero-order chi connectivity index (χ0) is 14.7. The molecule has 0 aromatic carbocycles. The molecule has 0 radical (unpaired) electrons. The van der Waals surface area contributed by atoms with E-state index in [0.717, 1.165) is 49.0 Å². The number of hydrogen-bond acceptors (Lipinski definition) is 4. The molecule has 2 N–H and O–H groups in total. The summed E-state index contributed by atoms with van der Waals surface area (Å²) in [4.78, 5) is 16.9. The lowest BCUT2D eigenvalue weighted by Gasteiger charge is -2.41. The van der Waals surface area contributed by atoms with Crippen molar-refractivity contribution in [3.8, 4) is 0 Å². The van der Waals surface area contributed by atoms with Gasteiger partial charge in [0.05, 0.1) is 5.54 Å². The number of rotatable bonds is 5. The molecule has 0 atom stereocenters. The van der Waals surface area contributed by atoms with Crippen molar-refractivity contribution < 1.29 is 4.79 Å². The van der Waals surface area contributed by atoms with Gasteiger partial charge in [-0.05, 0) is 64.5 Å². The second kappa shape index (κ2) is 6.44. The average Bonchev–Trinajstić information content (AvgIpc) is 2.88. The standard InChI is InChI=1S/C16H25N3OS/c1-12-11-21-15(18-12)16(7-2-8-16)19-14(20)4-3-13-5-9-17-10-6-13/h11,13,17H,2-10H2,1H3,(H,19,20). The number of piperidine rings is 1. The van der Waals surface area contributed by atoms with Gasteiger partial charge in [0.15, 0.2) is 0 Å². The molecule has 1 aliphatic carbocycles. The van der Waals surface area contributed by atoms with Gasteiger partial charge in [-0.1, -0.05) is 0 Å². The van der Waals surface area contributed by atoms with Crippen LogP contribution in [0.5, 0.6) is 0 Å². The fourth-order valence-corrected chi connectivity index (χ4v) is 4.34. The molecular weight excluding hydrogens is 282 g/mol. The fraction of sp³-hybridized carbons (Fsp3) is 0.750. The number of hydrogen-bond donors (Lipinski definition) is 2. The minimum absolute atomic E-state index is 0.149. The number of carbonyl (C=O) groups excluding carboxylic acids is 1. The Morgan fingerprint density at radius 3 is 2.81 bits per heavy atom. The van der Waals surface area contributed by atoms with Crippen molar-refractivity contribution in [1.29, 1.82) is 0 Å². The molecule has 1 amide bonds. The molecule has 3 rings (SSSR count). The Bertz CT molecular complexity index is 489. The largest absolute Gasteiger partial charge is 0.344 e. The molecule has 4 nitrogen and oxygen atoms in total. The van der Waals surface area contributed by atoms with E-state index in [4.69, 9.17) is 0 Å². The van der Waals surface area contributed by atoms with E-state index in [1.807, 2.05) is 6.92 Å². The van der Waals surface area contributed by atoms with E-state index in [1.165, 1.54) is 19.3 Å². The van der Waals surface area contributed by atoms with Gasteiger partial charge in [-0.3, -0.25) is 4.79 Å². The monoisotopic (exact) mass is 307 g/mol. The third kappa shape index (κ3) is 3.46. The Kier molecular flexibility index (Phi) is 4.60. The topological polar surface area (TPSA) is 54.0 Å². The first-order valence-corrected chi connectivity index (χ1v) is 9.00. The van der Waals surface area contributed by atoms with E-state index in [1.54, 1.807) is 11.3 Å². The van der Waals surface area contributed by atoms with Crippen LogP contribution in [0.2, 0.25) is 0 Å². The number of nitrogens with one attached hydrogen (secondary N) is 2. The first-order chi connectivity index (χ1) is 10.2. The second-order valence-corrected chi connectivity index (χ2v) is 7.37. The van der Waals surface area contributed by atoms with Gasteiger partial charge in [0.2, 0.25) is 5.91 Å². The minimum Gasteiger partial charge on any atom is -0.344 e. The number of thiazole rings is 1. The molecule has 2 heterocycles. The van der Waals surface area contributed by atoms with Crippen molar-refractivity contribution in [2.75, 3.05) is 13.1 Å². The molecule has 1 aliphatic heterocycles. The molecule has 1 aromatic rings. The summed E-state index contributed by atoms with van der Waals surface area (Å²) in [5.74, 6) is 0.928. The van der Waals surface area contributed by atoms with Crippen LogP contribution < -0.4 is 10.6 Å². The molecule has 0 unspecified atom stereocenters. The van der Waals surface area contributed by atoms with Crippen LogP contribution in [0.1, 0.15) is 55.6 Å². The van der Waals surface area contributed by atoms with Crippen LogP contribution >= 0.6 is 11.3 Å². The van der Waals surface area contributed by atoms with Gasteiger partial charge in [0, 0.05) is 17.5 Å². The first-order valence-electron chi connectivity index (χ1n) is 8.12. The SMILES string of the molecule is Cc1csc(C2(NC(=O)CCC3CCNCC3)CCC2)n1. The highest BCUT2D eigenvalue weighted by molar-refractivity contribution is 7.09. The summed E-state index contributed by atoms with van der Waals surface area (Å²) in [6.07, 6.45) is 7.39. The maximum absolute atomic E-state index is 12.3. The number of carbonyl (C=O) groups is 1. The van der Waals surface area contributed by atoms with Crippen molar-refractivity contribution in [2.24, 2.45) is 5.92 Å². The quantitative estimate of drug-likeness (QED) is 0.879. The van der Waals surface area contributed by atoms with Crippen molar-refractivity contribution in [1.82, 2.24) is 15.6 Å². The normalized spacial score (nSPS) is 21.8. The van der Waals surface area contributed by atoms with Crippen LogP contribution in [-0.2, 0) is 10.3 Å². The molecule has 0 bridgehead atoms. The highest BCUT2D eigenvalue weighted by atomic mass is 32.1. The summed E-state index contributed by atoms with van der Waals surface area (Å²) in [5.41, 5.74) is 0.912. The molecule has 1 aromatic heterocycles. The maximum Gasteiger partial charge on any atom is 0.220 e. The smallest absolute Gasteiger partial charge is 0.220 e. The van der Waals surface area contributed by atoms with E-state index < -0.39 is 0 Å². The lowest BCUT2D eigenvalue weighted by atomic mass is 9.77.